The Morgan fingerprint density at radius 3 is 2.70 bits per heavy atom. The van der Waals surface area contributed by atoms with Crippen LogP contribution in [0.2, 0.25) is 0 Å². The third kappa shape index (κ3) is 1.84. The van der Waals surface area contributed by atoms with Gasteiger partial charge in [0.2, 0.25) is 0 Å². The number of rotatable bonds is 2. The number of hydrogen-bond donors (Lipinski definition) is 1. The maximum atomic E-state index is 9.40. The van der Waals surface area contributed by atoms with E-state index < -0.39 is 0 Å². The minimum atomic E-state index is -0.0447. The maximum absolute atomic E-state index is 9.40. The van der Waals surface area contributed by atoms with Crippen LogP contribution in [0.25, 0.3) is 0 Å². The van der Waals surface area contributed by atoms with Crippen molar-refractivity contribution >= 4 is 0 Å². The molecule has 0 spiro atoms. The molecule has 1 N–H and O–H groups in total. The molecule has 0 amide bonds. The zero-order valence-corrected chi connectivity index (χ0v) is 6.64. The first-order valence-electron chi connectivity index (χ1n) is 4.02. The third-order valence-corrected chi connectivity index (χ3v) is 2.23. The summed E-state index contributed by atoms with van der Waals surface area (Å²) in [7, 11) is 0. The van der Waals surface area contributed by atoms with Crippen LogP contribution in [0.5, 0.6) is 0 Å². The van der Waals surface area contributed by atoms with Crippen LogP contribution in [0, 0.1) is 5.92 Å². The van der Waals surface area contributed by atoms with Gasteiger partial charge in [-0.1, -0.05) is 12.0 Å². The van der Waals surface area contributed by atoms with Gasteiger partial charge in [-0.3, -0.25) is 0 Å². The Hall–Kier alpha value is -0.300. The zero-order chi connectivity index (χ0) is 7.56. The molecule has 0 aromatic carbocycles. The van der Waals surface area contributed by atoms with Crippen LogP contribution >= 0.6 is 0 Å². The highest BCUT2D eigenvalue weighted by Gasteiger charge is 2.24. The number of hydrogen-bond acceptors (Lipinski definition) is 1. The average Bonchev–Trinajstić information content (AvgIpc) is 2.15. The Bertz CT molecular complexity index is 129. The minimum absolute atomic E-state index is 0.0447. The molecule has 0 radical (unpaired) electrons. The molecule has 0 aromatic rings. The van der Waals surface area contributed by atoms with E-state index in [1.54, 1.807) is 0 Å². The van der Waals surface area contributed by atoms with Crippen molar-refractivity contribution in [2.75, 3.05) is 0 Å². The van der Waals surface area contributed by atoms with E-state index in [1.807, 2.05) is 6.92 Å². The van der Waals surface area contributed by atoms with Gasteiger partial charge < -0.3 is 5.11 Å². The van der Waals surface area contributed by atoms with E-state index in [-0.39, 0.29) is 6.10 Å². The summed E-state index contributed by atoms with van der Waals surface area (Å²) in [6.45, 7) is 5.87. The molecule has 0 bridgehead atoms. The molecule has 10 heavy (non-hydrogen) atoms. The SMILES string of the molecule is C=C(C)C[C@H]1CCC[C@H]1O. The molecule has 0 aromatic heterocycles. The summed E-state index contributed by atoms with van der Waals surface area (Å²) in [5, 5.41) is 9.40. The van der Waals surface area contributed by atoms with Gasteiger partial charge >= 0.3 is 0 Å². The molecular formula is C9H16O. The largest absolute Gasteiger partial charge is 0.393 e. The fourth-order valence-corrected chi connectivity index (χ4v) is 1.70. The molecule has 1 fully saturated rings. The van der Waals surface area contributed by atoms with Gasteiger partial charge in [-0.25, -0.2) is 0 Å². The van der Waals surface area contributed by atoms with Crippen molar-refractivity contribution in [3.63, 3.8) is 0 Å². The lowest BCUT2D eigenvalue weighted by molar-refractivity contribution is 0.133. The molecule has 1 nitrogen and oxygen atoms in total. The lowest BCUT2D eigenvalue weighted by atomic mass is 9.98. The number of aliphatic hydroxyl groups is 1. The molecule has 1 aliphatic rings. The van der Waals surface area contributed by atoms with E-state index in [0.29, 0.717) is 5.92 Å². The van der Waals surface area contributed by atoms with Gasteiger partial charge in [-0.05, 0) is 32.1 Å². The molecule has 0 aliphatic heterocycles. The van der Waals surface area contributed by atoms with Crippen LogP contribution in [-0.2, 0) is 0 Å². The molecule has 2 atom stereocenters. The summed E-state index contributed by atoms with van der Waals surface area (Å²) in [6.07, 6.45) is 4.35. The molecular weight excluding hydrogens is 124 g/mol. The third-order valence-electron chi connectivity index (χ3n) is 2.23. The standard InChI is InChI=1S/C9H16O/c1-7(2)6-8-4-3-5-9(8)10/h8-10H,1,3-6H2,2H3/t8-,9-/m1/s1. The van der Waals surface area contributed by atoms with Crippen LogP contribution in [-0.4, -0.2) is 11.2 Å². The molecule has 0 heterocycles. The Kier molecular flexibility index (Phi) is 2.50. The van der Waals surface area contributed by atoms with Gasteiger partial charge in [0.05, 0.1) is 6.10 Å². The molecule has 0 unspecified atom stereocenters. The van der Waals surface area contributed by atoms with Crippen molar-refractivity contribution in [1.82, 2.24) is 0 Å². The summed E-state index contributed by atoms with van der Waals surface area (Å²) >= 11 is 0. The lowest BCUT2D eigenvalue weighted by Crippen LogP contribution is -2.12. The van der Waals surface area contributed by atoms with Gasteiger partial charge in [0.25, 0.3) is 0 Å². The van der Waals surface area contributed by atoms with Crippen LogP contribution in [0.3, 0.4) is 0 Å². The Balaban J connectivity index is 2.33. The second-order valence-corrected chi connectivity index (χ2v) is 3.42. The second-order valence-electron chi connectivity index (χ2n) is 3.42. The van der Waals surface area contributed by atoms with Gasteiger partial charge in [-0.15, -0.1) is 6.58 Å². The fourth-order valence-electron chi connectivity index (χ4n) is 1.70. The van der Waals surface area contributed by atoms with Crippen LogP contribution in [0.15, 0.2) is 12.2 Å². The summed E-state index contributed by atoms with van der Waals surface area (Å²) < 4.78 is 0. The zero-order valence-electron chi connectivity index (χ0n) is 6.64. The monoisotopic (exact) mass is 140 g/mol. The van der Waals surface area contributed by atoms with Gasteiger partial charge in [0, 0.05) is 0 Å². The van der Waals surface area contributed by atoms with Gasteiger partial charge in [-0.2, -0.15) is 0 Å². The molecule has 1 heteroatoms. The predicted octanol–water partition coefficient (Wildman–Crippen LogP) is 2.11. The molecule has 1 aliphatic carbocycles. The lowest BCUT2D eigenvalue weighted by Gasteiger charge is -2.13. The normalized spacial score (nSPS) is 32.6. The Morgan fingerprint density at radius 1 is 1.60 bits per heavy atom. The highest BCUT2D eigenvalue weighted by molar-refractivity contribution is 4.93. The first kappa shape index (κ1) is 7.80. The highest BCUT2D eigenvalue weighted by atomic mass is 16.3. The molecule has 1 rings (SSSR count). The fraction of sp³-hybridized carbons (Fsp3) is 0.778. The first-order valence-corrected chi connectivity index (χ1v) is 4.02. The van der Waals surface area contributed by atoms with Crippen molar-refractivity contribution in [3.05, 3.63) is 12.2 Å². The van der Waals surface area contributed by atoms with Crippen molar-refractivity contribution in [2.24, 2.45) is 5.92 Å². The smallest absolute Gasteiger partial charge is 0.0571 e. The maximum Gasteiger partial charge on any atom is 0.0571 e. The molecule has 0 saturated heterocycles. The van der Waals surface area contributed by atoms with Gasteiger partial charge in [0.1, 0.15) is 0 Å². The topological polar surface area (TPSA) is 20.2 Å². The number of allylic oxidation sites excluding steroid dienone is 1. The highest BCUT2D eigenvalue weighted by Crippen LogP contribution is 2.29. The molecule has 1 saturated carbocycles. The van der Waals surface area contributed by atoms with E-state index >= 15 is 0 Å². The van der Waals surface area contributed by atoms with E-state index in [2.05, 4.69) is 6.58 Å². The Morgan fingerprint density at radius 2 is 2.30 bits per heavy atom. The quantitative estimate of drug-likeness (QED) is 0.582. The minimum Gasteiger partial charge on any atom is -0.393 e. The van der Waals surface area contributed by atoms with E-state index in [0.717, 1.165) is 12.8 Å². The van der Waals surface area contributed by atoms with E-state index in [9.17, 15) is 5.11 Å². The average molecular weight is 140 g/mol. The van der Waals surface area contributed by atoms with E-state index in [1.165, 1.54) is 18.4 Å². The summed E-state index contributed by atoms with van der Waals surface area (Å²) in [6, 6.07) is 0. The predicted molar refractivity (Wildman–Crippen MR) is 42.8 cm³/mol. The summed E-state index contributed by atoms with van der Waals surface area (Å²) in [5.41, 5.74) is 1.20. The summed E-state index contributed by atoms with van der Waals surface area (Å²) in [5.74, 6) is 0.512. The Labute approximate surface area is 62.8 Å². The first-order chi connectivity index (χ1) is 4.70. The van der Waals surface area contributed by atoms with Crippen LogP contribution in [0.4, 0.5) is 0 Å². The summed E-state index contributed by atoms with van der Waals surface area (Å²) in [4.78, 5) is 0. The molecule has 58 valence electrons. The number of aliphatic hydroxyl groups excluding tert-OH is 1. The van der Waals surface area contributed by atoms with Gasteiger partial charge in [0.15, 0.2) is 0 Å². The van der Waals surface area contributed by atoms with Crippen molar-refractivity contribution in [2.45, 2.75) is 38.7 Å². The van der Waals surface area contributed by atoms with Crippen molar-refractivity contribution in [1.29, 1.82) is 0 Å². The van der Waals surface area contributed by atoms with Crippen LogP contribution < -0.4 is 0 Å². The van der Waals surface area contributed by atoms with E-state index in [4.69, 9.17) is 0 Å². The van der Waals surface area contributed by atoms with Crippen LogP contribution in [0.1, 0.15) is 32.6 Å². The second kappa shape index (κ2) is 3.20. The van der Waals surface area contributed by atoms with Crippen molar-refractivity contribution in [3.8, 4) is 0 Å². The van der Waals surface area contributed by atoms with Crippen molar-refractivity contribution < 1.29 is 5.11 Å².